The van der Waals surface area contributed by atoms with Gasteiger partial charge in [-0.2, -0.15) is 0 Å². The van der Waals surface area contributed by atoms with E-state index in [1.54, 1.807) is 0 Å². The average molecular weight is 195 g/mol. The normalized spacial score (nSPS) is 34.5. The predicted molar refractivity (Wildman–Crippen MR) is 61.4 cm³/mol. The van der Waals surface area contributed by atoms with Gasteiger partial charge in [0.25, 0.3) is 0 Å². The van der Waals surface area contributed by atoms with Gasteiger partial charge in [0.1, 0.15) is 0 Å². The lowest BCUT2D eigenvalue weighted by molar-refractivity contribution is 0.115. The summed E-state index contributed by atoms with van der Waals surface area (Å²) in [4.78, 5) is 0. The summed E-state index contributed by atoms with van der Waals surface area (Å²) in [6, 6.07) is 0. The van der Waals surface area contributed by atoms with Crippen molar-refractivity contribution < 1.29 is 0 Å². The van der Waals surface area contributed by atoms with Crippen LogP contribution in [0, 0.1) is 11.8 Å². The highest BCUT2D eigenvalue weighted by Gasteiger charge is 2.38. The first kappa shape index (κ1) is 10.5. The zero-order valence-electron chi connectivity index (χ0n) is 9.81. The Labute approximate surface area is 88.7 Å². The molecule has 0 radical (unpaired) electrons. The fourth-order valence-electron chi connectivity index (χ4n) is 3.11. The van der Waals surface area contributed by atoms with Crippen molar-refractivity contribution in [2.45, 2.75) is 64.3 Å². The van der Waals surface area contributed by atoms with E-state index in [4.69, 9.17) is 0 Å². The maximum Gasteiger partial charge on any atom is 0.0207 e. The van der Waals surface area contributed by atoms with Crippen LogP contribution in [-0.2, 0) is 0 Å². The minimum Gasteiger partial charge on any atom is -0.311 e. The van der Waals surface area contributed by atoms with Crippen LogP contribution in [0.15, 0.2) is 0 Å². The Morgan fingerprint density at radius 2 is 2.00 bits per heavy atom. The molecule has 82 valence electrons. The van der Waals surface area contributed by atoms with E-state index in [0.717, 1.165) is 11.8 Å². The van der Waals surface area contributed by atoms with Crippen molar-refractivity contribution in [3.8, 4) is 0 Å². The van der Waals surface area contributed by atoms with Crippen molar-refractivity contribution in [2.75, 3.05) is 6.54 Å². The van der Waals surface area contributed by atoms with Gasteiger partial charge in [0.2, 0.25) is 0 Å². The molecule has 1 atom stereocenters. The van der Waals surface area contributed by atoms with E-state index in [1.165, 1.54) is 51.5 Å². The van der Waals surface area contributed by atoms with Crippen LogP contribution >= 0.6 is 0 Å². The maximum absolute atomic E-state index is 3.83. The molecule has 1 aliphatic heterocycles. The standard InChI is InChI=1S/C13H25N/c1-11(2)13(8-3-4-9-14-13)10-12-6-5-7-12/h11-12,14H,3-10H2,1-2H3. The monoisotopic (exact) mass is 195 g/mol. The van der Waals surface area contributed by atoms with E-state index in [0.29, 0.717) is 5.54 Å². The SMILES string of the molecule is CC(C)C1(CC2CCC2)CCCCN1. The molecule has 0 amide bonds. The number of hydrogen-bond donors (Lipinski definition) is 1. The molecule has 14 heavy (non-hydrogen) atoms. The molecule has 1 aliphatic carbocycles. The molecule has 2 fully saturated rings. The van der Waals surface area contributed by atoms with Gasteiger partial charge in [0.15, 0.2) is 0 Å². The van der Waals surface area contributed by atoms with E-state index in [2.05, 4.69) is 19.2 Å². The molecule has 1 heteroatoms. The lowest BCUT2D eigenvalue weighted by Crippen LogP contribution is -2.54. The summed E-state index contributed by atoms with van der Waals surface area (Å²) >= 11 is 0. The zero-order chi connectivity index (χ0) is 10.0. The van der Waals surface area contributed by atoms with Crippen LogP contribution in [0.4, 0.5) is 0 Å². The predicted octanol–water partition coefficient (Wildman–Crippen LogP) is 3.34. The molecular weight excluding hydrogens is 170 g/mol. The third kappa shape index (κ3) is 1.98. The molecule has 0 aromatic rings. The van der Waals surface area contributed by atoms with Crippen molar-refractivity contribution in [1.82, 2.24) is 5.32 Å². The van der Waals surface area contributed by atoms with Crippen LogP contribution in [0.2, 0.25) is 0 Å². The first-order valence-electron chi connectivity index (χ1n) is 6.48. The summed E-state index contributed by atoms with van der Waals surface area (Å²) in [5.41, 5.74) is 0.503. The lowest BCUT2D eigenvalue weighted by atomic mass is 9.69. The third-order valence-electron chi connectivity index (χ3n) is 4.51. The Hall–Kier alpha value is -0.0400. The highest BCUT2D eigenvalue weighted by molar-refractivity contribution is 4.96. The summed E-state index contributed by atoms with van der Waals surface area (Å²) in [6.07, 6.45) is 10.2. The minimum atomic E-state index is 0.503. The Bertz CT molecular complexity index is 176. The summed E-state index contributed by atoms with van der Waals surface area (Å²) in [5.74, 6) is 1.85. The van der Waals surface area contributed by atoms with Crippen LogP contribution in [0.3, 0.4) is 0 Å². The largest absolute Gasteiger partial charge is 0.311 e. The zero-order valence-corrected chi connectivity index (χ0v) is 9.81. The van der Waals surface area contributed by atoms with Gasteiger partial charge in [-0.3, -0.25) is 0 Å². The van der Waals surface area contributed by atoms with E-state index >= 15 is 0 Å². The molecular formula is C13H25N. The second-order valence-electron chi connectivity index (χ2n) is 5.70. The Balaban J connectivity index is 1.96. The first-order valence-corrected chi connectivity index (χ1v) is 6.48. The molecule has 2 rings (SSSR count). The van der Waals surface area contributed by atoms with E-state index in [9.17, 15) is 0 Å². The summed E-state index contributed by atoms with van der Waals surface area (Å²) < 4.78 is 0. The maximum atomic E-state index is 3.83. The van der Waals surface area contributed by atoms with Crippen LogP contribution in [-0.4, -0.2) is 12.1 Å². The highest BCUT2D eigenvalue weighted by Crippen LogP contribution is 2.40. The fraction of sp³-hybridized carbons (Fsp3) is 1.00. The highest BCUT2D eigenvalue weighted by atomic mass is 15.0. The van der Waals surface area contributed by atoms with E-state index < -0.39 is 0 Å². The van der Waals surface area contributed by atoms with Gasteiger partial charge in [-0.05, 0) is 37.6 Å². The van der Waals surface area contributed by atoms with Crippen LogP contribution in [0.1, 0.15) is 58.8 Å². The Kier molecular flexibility index (Phi) is 3.16. The van der Waals surface area contributed by atoms with Gasteiger partial charge >= 0.3 is 0 Å². The van der Waals surface area contributed by atoms with Crippen molar-refractivity contribution in [3.05, 3.63) is 0 Å². The molecule has 1 N–H and O–H groups in total. The average Bonchev–Trinajstić information content (AvgIpc) is 2.13. The molecule has 1 nitrogen and oxygen atoms in total. The molecule has 1 saturated heterocycles. The molecule has 0 aromatic heterocycles. The fourth-order valence-corrected chi connectivity index (χ4v) is 3.11. The van der Waals surface area contributed by atoms with Gasteiger partial charge in [0, 0.05) is 5.54 Å². The molecule has 2 aliphatic rings. The van der Waals surface area contributed by atoms with Crippen molar-refractivity contribution in [1.29, 1.82) is 0 Å². The summed E-state index contributed by atoms with van der Waals surface area (Å²) in [5, 5.41) is 3.83. The number of rotatable bonds is 3. The second kappa shape index (κ2) is 4.22. The Morgan fingerprint density at radius 1 is 1.21 bits per heavy atom. The third-order valence-corrected chi connectivity index (χ3v) is 4.51. The smallest absolute Gasteiger partial charge is 0.0207 e. The van der Waals surface area contributed by atoms with E-state index in [-0.39, 0.29) is 0 Å². The number of hydrogen-bond acceptors (Lipinski definition) is 1. The van der Waals surface area contributed by atoms with Crippen molar-refractivity contribution in [2.24, 2.45) is 11.8 Å². The molecule has 1 saturated carbocycles. The van der Waals surface area contributed by atoms with Crippen LogP contribution in [0.25, 0.3) is 0 Å². The molecule has 1 unspecified atom stereocenters. The Morgan fingerprint density at radius 3 is 2.43 bits per heavy atom. The topological polar surface area (TPSA) is 12.0 Å². The second-order valence-corrected chi connectivity index (χ2v) is 5.70. The first-order chi connectivity index (χ1) is 6.73. The minimum absolute atomic E-state index is 0.503. The van der Waals surface area contributed by atoms with Crippen LogP contribution in [0.5, 0.6) is 0 Å². The number of nitrogens with one attached hydrogen (secondary N) is 1. The summed E-state index contributed by atoms with van der Waals surface area (Å²) in [6.45, 7) is 6.05. The molecule has 0 aromatic carbocycles. The van der Waals surface area contributed by atoms with Gasteiger partial charge in [-0.1, -0.05) is 39.5 Å². The van der Waals surface area contributed by atoms with Gasteiger partial charge < -0.3 is 5.32 Å². The number of piperidine rings is 1. The molecule has 0 spiro atoms. The van der Waals surface area contributed by atoms with Crippen molar-refractivity contribution >= 4 is 0 Å². The van der Waals surface area contributed by atoms with Crippen molar-refractivity contribution in [3.63, 3.8) is 0 Å². The lowest BCUT2D eigenvalue weighted by Gasteiger charge is -2.46. The quantitative estimate of drug-likeness (QED) is 0.728. The van der Waals surface area contributed by atoms with Gasteiger partial charge in [0.05, 0.1) is 0 Å². The summed E-state index contributed by atoms with van der Waals surface area (Å²) in [7, 11) is 0. The molecule has 0 bridgehead atoms. The van der Waals surface area contributed by atoms with Gasteiger partial charge in [-0.15, -0.1) is 0 Å². The molecule has 1 heterocycles. The van der Waals surface area contributed by atoms with E-state index in [1.807, 2.05) is 0 Å². The van der Waals surface area contributed by atoms with Gasteiger partial charge in [-0.25, -0.2) is 0 Å². The van der Waals surface area contributed by atoms with Crippen LogP contribution < -0.4 is 5.32 Å².